The van der Waals surface area contributed by atoms with Crippen LogP contribution in [0.15, 0.2) is 18.3 Å². The summed E-state index contributed by atoms with van der Waals surface area (Å²) in [5, 5.41) is 1.94. The van der Waals surface area contributed by atoms with Crippen LogP contribution >= 0.6 is 0 Å². The molecule has 0 saturated carbocycles. The Hall–Kier alpha value is -1.59. The number of amides is 1. The van der Waals surface area contributed by atoms with Gasteiger partial charge in [0.2, 0.25) is 5.95 Å². The van der Waals surface area contributed by atoms with E-state index < -0.39 is 24.8 Å². The van der Waals surface area contributed by atoms with E-state index in [2.05, 4.69) is 4.98 Å². The van der Waals surface area contributed by atoms with Crippen molar-refractivity contribution in [2.24, 2.45) is 0 Å². The maximum atomic E-state index is 12.5. The van der Waals surface area contributed by atoms with E-state index in [1.54, 1.807) is 0 Å². The number of alkyl halides is 2. The molecule has 6 heteroatoms. The zero-order valence-electron chi connectivity index (χ0n) is 7.01. The van der Waals surface area contributed by atoms with Gasteiger partial charge < -0.3 is 5.32 Å². The van der Waals surface area contributed by atoms with Crippen LogP contribution in [0.2, 0.25) is 0 Å². The molecule has 1 amide bonds. The second-order valence-corrected chi connectivity index (χ2v) is 2.47. The van der Waals surface area contributed by atoms with Crippen molar-refractivity contribution in [2.75, 3.05) is 6.54 Å². The molecular weight excluding hydrogens is 197 g/mol. The second kappa shape index (κ2) is 4.59. The lowest BCUT2D eigenvalue weighted by molar-refractivity contribution is 0.0891. The Morgan fingerprint density at radius 1 is 1.57 bits per heavy atom. The van der Waals surface area contributed by atoms with Crippen LogP contribution in [-0.4, -0.2) is 23.9 Å². The topological polar surface area (TPSA) is 42.0 Å². The van der Waals surface area contributed by atoms with Gasteiger partial charge >= 0.3 is 0 Å². The third-order valence-electron chi connectivity index (χ3n) is 1.41. The van der Waals surface area contributed by atoms with Crippen LogP contribution in [0.25, 0.3) is 0 Å². The summed E-state index contributed by atoms with van der Waals surface area (Å²) in [7, 11) is 0. The van der Waals surface area contributed by atoms with Gasteiger partial charge in [0.25, 0.3) is 12.3 Å². The van der Waals surface area contributed by atoms with E-state index in [4.69, 9.17) is 0 Å². The Labute approximate surface area is 78.0 Å². The predicted molar refractivity (Wildman–Crippen MR) is 42.5 cm³/mol. The molecule has 0 radical (unpaired) electrons. The van der Waals surface area contributed by atoms with E-state index in [1.165, 1.54) is 6.07 Å². The standard InChI is InChI=1S/C8H7F3N2O/c9-6(10)4-13-8(14)5-1-2-12-7(11)3-5/h1-3,6H,4H2,(H,13,14). The molecule has 0 atom stereocenters. The highest BCUT2D eigenvalue weighted by Crippen LogP contribution is 2.00. The van der Waals surface area contributed by atoms with Gasteiger partial charge in [-0.3, -0.25) is 4.79 Å². The van der Waals surface area contributed by atoms with Gasteiger partial charge in [-0.25, -0.2) is 13.8 Å². The minimum Gasteiger partial charge on any atom is -0.346 e. The molecule has 0 aliphatic carbocycles. The number of nitrogens with zero attached hydrogens (tertiary/aromatic N) is 1. The van der Waals surface area contributed by atoms with Crippen LogP contribution in [0.5, 0.6) is 0 Å². The summed E-state index contributed by atoms with van der Waals surface area (Å²) in [6.07, 6.45) is -1.53. The minimum absolute atomic E-state index is 0.0295. The van der Waals surface area contributed by atoms with Crippen molar-refractivity contribution in [1.29, 1.82) is 0 Å². The number of carbonyl (C=O) groups excluding carboxylic acids is 1. The Kier molecular flexibility index (Phi) is 3.44. The SMILES string of the molecule is O=C(NCC(F)F)c1ccnc(F)c1. The lowest BCUT2D eigenvalue weighted by atomic mass is 10.2. The average Bonchev–Trinajstić information content (AvgIpc) is 2.14. The molecule has 0 bridgehead atoms. The molecule has 0 aliphatic heterocycles. The molecule has 0 aromatic carbocycles. The normalized spacial score (nSPS) is 10.3. The second-order valence-electron chi connectivity index (χ2n) is 2.47. The summed E-state index contributed by atoms with van der Waals surface area (Å²) in [4.78, 5) is 14.3. The number of pyridine rings is 1. The molecule has 3 nitrogen and oxygen atoms in total. The molecule has 1 rings (SSSR count). The quantitative estimate of drug-likeness (QED) is 0.752. The maximum absolute atomic E-state index is 12.5. The first-order valence-corrected chi connectivity index (χ1v) is 3.77. The van der Waals surface area contributed by atoms with Gasteiger partial charge in [0.1, 0.15) is 0 Å². The van der Waals surface area contributed by atoms with Gasteiger partial charge in [0.15, 0.2) is 0 Å². The molecule has 1 aromatic heterocycles. The van der Waals surface area contributed by atoms with E-state index in [-0.39, 0.29) is 5.56 Å². The van der Waals surface area contributed by atoms with Crippen molar-refractivity contribution in [3.8, 4) is 0 Å². The van der Waals surface area contributed by atoms with Crippen LogP contribution < -0.4 is 5.32 Å². The van der Waals surface area contributed by atoms with E-state index in [0.717, 1.165) is 12.3 Å². The van der Waals surface area contributed by atoms with Gasteiger partial charge in [-0.2, -0.15) is 4.39 Å². The van der Waals surface area contributed by atoms with E-state index in [1.807, 2.05) is 5.32 Å². The van der Waals surface area contributed by atoms with E-state index >= 15 is 0 Å². The monoisotopic (exact) mass is 204 g/mol. The fraction of sp³-hybridized carbons (Fsp3) is 0.250. The predicted octanol–water partition coefficient (Wildman–Crippen LogP) is 1.22. The fourth-order valence-electron chi connectivity index (χ4n) is 0.816. The molecule has 14 heavy (non-hydrogen) atoms. The van der Waals surface area contributed by atoms with Crippen LogP contribution in [0.1, 0.15) is 10.4 Å². The first kappa shape index (κ1) is 10.5. The molecule has 1 aromatic rings. The van der Waals surface area contributed by atoms with Crippen molar-refractivity contribution < 1.29 is 18.0 Å². The van der Waals surface area contributed by atoms with Crippen LogP contribution in [0.4, 0.5) is 13.2 Å². The van der Waals surface area contributed by atoms with Gasteiger partial charge in [-0.15, -0.1) is 0 Å². The fourth-order valence-corrected chi connectivity index (χ4v) is 0.816. The molecule has 0 saturated heterocycles. The molecular formula is C8H7F3N2O. The number of hydrogen-bond acceptors (Lipinski definition) is 2. The van der Waals surface area contributed by atoms with Gasteiger partial charge in [0.05, 0.1) is 6.54 Å². The molecule has 0 aliphatic rings. The van der Waals surface area contributed by atoms with Crippen molar-refractivity contribution in [1.82, 2.24) is 10.3 Å². The molecule has 76 valence electrons. The zero-order valence-corrected chi connectivity index (χ0v) is 7.01. The highest BCUT2D eigenvalue weighted by molar-refractivity contribution is 5.93. The first-order valence-electron chi connectivity index (χ1n) is 3.77. The number of hydrogen-bond donors (Lipinski definition) is 1. The number of aromatic nitrogens is 1. The minimum atomic E-state index is -2.62. The van der Waals surface area contributed by atoms with E-state index in [0.29, 0.717) is 0 Å². The Bertz CT molecular complexity index is 330. The molecule has 0 spiro atoms. The first-order chi connectivity index (χ1) is 6.59. The molecule has 1 N–H and O–H groups in total. The summed E-state index contributed by atoms with van der Waals surface area (Å²) < 4.78 is 35.9. The Morgan fingerprint density at radius 3 is 2.86 bits per heavy atom. The highest BCUT2D eigenvalue weighted by Gasteiger charge is 2.09. The average molecular weight is 204 g/mol. The van der Waals surface area contributed by atoms with Gasteiger partial charge in [0, 0.05) is 17.8 Å². The smallest absolute Gasteiger partial charge is 0.255 e. The summed E-state index contributed by atoms with van der Waals surface area (Å²) in [6.45, 7) is -0.747. The van der Waals surface area contributed by atoms with Gasteiger partial charge in [-0.05, 0) is 6.07 Å². The molecule has 0 fully saturated rings. The van der Waals surface area contributed by atoms with Crippen molar-refractivity contribution in [2.45, 2.75) is 6.43 Å². The largest absolute Gasteiger partial charge is 0.346 e. The lowest BCUT2D eigenvalue weighted by Gasteiger charge is -2.03. The Balaban J connectivity index is 2.61. The van der Waals surface area contributed by atoms with E-state index in [9.17, 15) is 18.0 Å². The Morgan fingerprint density at radius 2 is 2.29 bits per heavy atom. The third kappa shape index (κ3) is 3.04. The van der Waals surface area contributed by atoms with Crippen molar-refractivity contribution in [3.63, 3.8) is 0 Å². The zero-order chi connectivity index (χ0) is 10.6. The number of nitrogens with one attached hydrogen (secondary N) is 1. The van der Waals surface area contributed by atoms with Gasteiger partial charge in [-0.1, -0.05) is 0 Å². The van der Waals surface area contributed by atoms with Crippen molar-refractivity contribution >= 4 is 5.91 Å². The maximum Gasteiger partial charge on any atom is 0.255 e. The van der Waals surface area contributed by atoms with Crippen molar-refractivity contribution in [3.05, 3.63) is 29.8 Å². The summed E-state index contributed by atoms with van der Waals surface area (Å²) in [6, 6.07) is 2.12. The summed E-state index contributed by atoms with van der Waals surface area (Å²) in [5.74, 6) is -1.57. The third-order valence-corrected chi connectivity index (χ3v) is 1.41. The lowest BCUT2D eigenvalue weighted by Crippen LogP contribution is -2.28. The number of halogens is 3. The number of carbonyl (C=O) groups is 1. The molecule has 0 unspecified atom stereocenters. The summed E-state index contributed by atoms with van der Waals surface area (Å²) >= 11 is 0. The molecule has 1 heterocycles. The number of rotatable bonds is 3. The van der Waals surface area contributed by atoms with Crippen LogP contribution in [0.3, 0.4) is 0 Å². The van der Waals surface area contributed by atoms with Crippen LogP contribution in [-0.2, 0) is 0 Å². The summed E-state index contributed by atoms with van der Waals surface area (Å²) in [5.41, 5.74) is -0.0295. The van der Waals surface area contributed by atoms with Crippen LogP contribution in [0, 0.1) is 5.95 Å². The highest BCUT2D eigenvalue weighted by atomic mass is 19.3.